The van der Waals surface area contributed by atoms with Crippen LogP contribution in [0.15, 0.2) is 24.3 Å². The molecular formula is C23H27N3O5. The van der Waals surface area contributed by atoms with Crippen molar-refractivity contribution in [3.63, 3.8) is 0 Å². The minimum Gasteiger partial charge on any atom is -0.452 e. The van der Waals surface area contributed by atoms with Gasteiger partial charge in [-0.2, -0.15) is 5.10 Å². The SMILES string of the molecule is Cc1nn(C)c(C)c1/C=C/C(=O)OCC(=O)Nc1ccc2c(c1)OC1(CCCCC1)O2. The van der Waals surface area contributed by atoms with Gasteiger partial charge in [-0.25, -0.2) is 4.79 Å². The number of fused-ring (bicyclic) bond motifs is 1. The van der Waals surface area contributed by atoms with Crippen molar-refractivity contribution in [2.45, 2.75) is 51.7 Å². The van der Waals surface area contributed by atoms with E-state index in [9.17, 15) is 9.59 Å². The van der Waals surface area contributed by atoms with Gasteiger partial charge in [-0.15, -0.1) is 0 Å². The Morgan fingerprint density at radius 2 is 1.94 bits per heavy atom. The van der Waals surface area contributed by atoms with E-state index in [4.69, 9.17) is 14.2 Å². The molecule has 0 atom stereocenters. The number of benzene rings is 1. The number of rotatable bonds is 5. The number of ether oxygens (including phenoxy) is 3. The average molecular weight is 425 g/mol. The number of amides is 1. The van der Waals surface area contributed by atoms with E-state index in [2.05, 4.69) is 10.4 Å². The first-order chi connectivity index (χ1) is 14.8. The third-order valence-electron chi connectivity index (χ3n) is 5.73. The topological polar surface area (TPSA) is 91.7 Å². The van der Waals surface area contributed by atoms with Crippen molar-refractivity contribution in [2.24, 2.45) is 7.05 Å². The number of esters is 1. The number of nitrogens with one attached hydrogen (secondary N) is 1. The Labute approximate surface area is 181 Å². The lowest BCUT2D eigenvalue weighted by atomic mass is 9.94. The predicted molar refractivity (Wildman–Crippen MR) is 115 cm³/mol. The summed E-state index contributed by atoms with van der Waals surface area (Å²) >= 11 is 0. The number of anilines is 1. The van der Waals surface area contributed by atoms with Crippen LogP contribution in [-0.2, 0) is 21.4 Å². The molecule has 0 radical (unpaired) electrons. The summed E-state index contributed by atoms with van der Waals surface area (Å²) in [5, 5.41) is 7.02. The number of hydrogen-bond donors (Lipinski definition) is 1. The average Bonchev–Trinajstić information content (AvgIpc) is 3.20. The van der Waals surface area contributed by atoms with Gasteiger partial charge in [-0.3, -0.25) is 9.48 Å². The highest BCUT2D eigenvalue weighted by molar-refractivity contribution is 5.95. The van der Waals surface area contributed by atoms with Gasteiger partial charge < -0.3 is 19.5 Å². The van der Waals surface area contributed by atoms with E-state index in [1.54, 1.807) is 29.0 Å². The summed E-state index contributed by atoms with van der Waals surface area (Å²) in [6, 6.07) is 5.28. The number of hydrogen-bond acceptors (Lipinski definition) is 6. The highest BCUT2D eigenvalue weighted by Gasteiger charge is 2.42. The van der Waals surface area contributed by atoms with Crippen LogP contribution in [0, 0.1) is 13.8 Å². The summed E-state index contributed by atoms with van der Waals surface area (Å²) in [6.45, 7) is 3.40. The second-order valence-electron chi connectivity index (χ2n) is 8.03. The zero-order valence-corrected chi connectivity index (χ0v) is 18.1. The summed E-state index contributed by atoms with van der Waals surface area (Å²) < 4.78 is 18.9. The maximum Gasteiger partial charge on any atom is 0.331 e. The molecule has 0 unspecified atom stereocenters. The first-order valence-corrected chi connectivity index (χ1v) is 10.5. The number of aryl methyl sites for hydroxylation is 2. The summed E-state index contributed by atoms with van der Waals surface area (Å²) in [5.41, 5.74) is 3.19. The van der Waals surface area contributed by atoms with Crippen LogP contribution < -0.4 is 14.8 Å². The molecule has 1 N–H and O–H groups in total. The van der Waals surface area contributed by atoms with Crippen molar-refractivity contribution in [1.29, 1.82) is 0 Å². The minimum absolute atomic E-state index is 0.382. The maximum absolute atomic E-state index is 12.2. The van der Waals surface area contributed by atoms with Gasteiger partial charge in [0.1, 0.15) is 0 Å². The van der Waals surface area contributed by atoms with Crippen molar-refractivity contribution in [3.8, 4) is 11.5 Å². The first kappa shape index (κ1) is 21.0. The number of aromatic nitrogens is 2. The zero-order valence-electron chi connectivity index (χ0n) is 18.1. The molecule has 1 saturated carbocycles. The van der Waals surface area contributed by atoms with Gasteiger partial charge >= 0.3 is 5.97 Å². The molecule has 1 fully saturated rings. The normalized spacial score (nSPS) is 16.6. The van der Waals surface area contributed by atoms with E-state index in [-0.39, 0.29) is 6.61 Å². The van der Waals surface area contributed by atoms with Crippen molar-refractivity contribution >= 4 is 23.6 Å². The molecule has 0 saturated heterocycles. The molecule has 0 bridgehead atoms. The van der Waals surface area contributed by atoms with Gasteiger partial charge in [0.2, 0.25) is 0 Å². The van der Waals surface area contributed by atoms with E-state index in [0.29, 0.717) is 17.2 Å². The van der Waals surface area contributed by atoms with Gasteiger partial charge in [0.25, 0.3) is 11.7 Å². The molecule has 1 aliphatic carbocycles. The number of nitrogens with zero attached hydrogens (tertiary/aromatic N) is 2. The molecule has 8 heteroatoms. The fourth-order valence-corrected chi connectivity index (χ4v) is 4.03. The summed E-state index contributed by atoms with van der Waals surface area (Å²) in [6.07, 6.45) is 8.04. The molecule has 164 valence electrons. The molecule has 4 rings (SSSR count). The van der Waals surface area contributed by atoms with Gasteiger partial charge in [-0.1, -0.05) is 6.42 Å². The third kappa shape index (κ3) is 4.57. The summed E-state index contributed by atoms with van der Waals surface area (Å²) in [7, 11) is 1.84. The third-order valence-corrected chi connectivity index (χ3v) is 5.73. The highest BCUT2D eigenvalue weighted by atomic mass is 16.7. The van der Waals surface area contributed by atoms with Crippen LogP contribution in [0.1, 0.15) is 49.1 Å². The van der Waals surface area contributed by atoms with Crippen LogP contribution in [-0.4, -0.2) is 34.1 Å². The lowest BCUT2D eigenvalue weighted by Gasteiger charge is -2.31. The van der Waals surface area contributed by atoms with E-state index in [0.717, 1.165) is 42.6 Å². The Bertz CT molecular complexity index is 1030. The van der Waals surface area contributed by atoms with Crippen molar-refractivity contribution in [1.82, 2.24) is 9.78 Å². The summed E-state index contributed by atoms with van der Waals surface area (Å²) in [5.74, 6) is -0.264. The molecule has 2 aromatic rings. The Morgan fingerprint density at radius 3 is 2.65 bits per heavy atom. The molecule has 8 nitrogen and oxygen atoms in total. The molecule has 31 heavy (non-hydrogen) atoms. The Morgan fingerprint density at radius 1 is 1.19 bits per heavy atom. The van der Waals surface area contributed by atoms with Crippen molar-refractivity contribution in [3.05, 3.63) is 41.2 Å². The first-order valence-electron chi connectivity index (χ1n) is 10.5. The quantitative estimate of drug-likeness (QED) is 0.581. The van der Waals surface area contributed by atoms with Crippen molar-refractivity contribution in [2.75, 3.05) is 11.9 Å². The molecule has 2 aliphatic rings. The van der Waals surface area contributed by atoms with Crippen molar-refractivity contribution < 1.29 is 23.8 Å². The van der Waals surface area contributed by atoms with E-state index in [1.807, 2.05) is 20.9 Å². The van der Waals surface area contributed by atoms with Crippen LogP contribution in [0.25, 0.3) is 6.08 Å². The highest BCUT2D eigenvalue weighted by Crippen LogP contribution is 2.46. The fraction of sp³-hybridized carbons (Fsp3) is 0.435. The van der Waals surface area contributed by atoms with E-state index in [1.165, 1.54) is 12.5 Å². The largest absolute Gasteiger partial charge is 0.452 e. The minimum atomic E-state index is -0.595. The van der Waals surface area contributed by atoms with E-state index < -0.39 is 17.7 Å². The molecule has 1 aromatic carbocycles. The number of carbonyl (C=O) groups excluding carboxylic acids is 2. The molecular weight excluding hydrogens is 398 g/mol. The van der Waals surface area contributed by atoms with Crippen LogP contribution in [0.5, 0.6) is 11.5 Å². The van der Waals surface area contributed by atoms with E-state index >= 15 is 0 Å². The van der Waals surface area contributed by atoms with Gasteiger partial charge in [-0.05, 0) is 44.9 Å². The van der Waals surface area contributed by atoms with Gasteiger partial charge in [0.15, 0.2) is 18.1 Å². The second-order valence-corrected chi connectivity index (χ2v) is 8.03. The van der Waals surface area contributed by atoms with Crippen LogP contribution in [0.3, 0.4) is 0 Å². The molecule has 1 aromatic heterocycles. The van der Waals surface area contributed by atoms with Crippen LogP contribution >= 0.6 is 0 Å². The van der Waals surface area contributed by atoms with Gasteiger partial charge in [0.05, 0.1) is 5.69 Å². The lowest BCUT2D eigenvalue weighted by Crippen LogP contribution is -2.40. The summed E-state index contributed by atoms with van der Waals surface area (Å²) in [4.78, 5) is 24.2. The molecule has 1 aliphatic heterocycles. The zero-order chi connectivity index (χ0) is 22.0. The number of carbonyl (C=O) groups is 2. The van der Waals surface area contributed by atoms with Crippen LogP contribution in [0.2, 0.25) is 0 Å². The molecule has 2 heterocycles. The van der Waals surface area contributed by atoms with Gasteiger partial charge in [0, 0.05) is 49.0 Å². The van der Waals surface area contributed by atoms with Crippen LogP contribution in [0.4, 0.5) is 5.69 Å². The smallest absolute Gasteiger partial charge is 0.331 e. The molecule has 1 spiro atoms. The Kier molecular flexibility index (Phi) is 5.71. The second kappa shape index (κ2) is 8.45. The molecule has 1 amide bonds. The standard InChI is InChI=1S/C23H27N3O5/c1-15-18(16(2)26(3)25-15)8-10-22(28)29-14-21(27)24-17-7-9-19-20(13-17)31-23(30-19)11-5-4-6-12-23/h7-10,13H,4-6,11-12,14H2,1-3H3,(H,24,27)/b10-8+. The Balaban J connectivity index is 1.29. The maximum atomic E-state index is 12.2. The monoisotopic (exact) mass is 425 g/mol. The predicted octanol–water partition coefficient (Wildman–Crippen LogP) is 3.66. The fourth-order valence-electron chi connectivity index (χ4n) is 4.03. The lowest BCUT2D eigenvalue weighted by molar-refractivity contribution is -0.142. The Hall–Kier alpha value is -3.29.